The van der Waals surface area contributed by atoms with E-state index >= 15 is 0 Å². The highest BCUT2D eigenvalue weighted by Crippen LogP contribution is 2.24. The van der Waals surface area contributed by atoms with Gasteiger partial charge in [-0.15, -0.1) is 0 Å². The summed E-state index contributed by atoms with van der Waals surface area (Å²) in [5.41, 5.74) is 1.99. The van der Waals surface area contributed by atoms with Crippen LogP contribution in [0.2, 0.25) is 0 Å². The maximum atomic E-state index is 13.2. The first-order chi connectivity index (χ1) is 13.3. The van der Waals surface area contributed by atoms with Crippen LogP contribution in [0.3, 0.4) is 0 Å². The van der Waals surface area contributed by atoms with E-state index in [4.69, 9.17) is 0 Å². The van der Waals surface area contributed by atoms with Crippen molar-refractivity contribution in [1.29, 1.82) is 0 Å². The SMILES string of the molecule is CC(C)NC(=O)Cn1c(-c2cccc(C(C)C)c2)nc2ncc(Br)cc2c1=O. The molecule has 1 amide bonds. The Kier molecular flexibility index (Phi) is 5.93. The zero-order valence-electron chi connectivity index (χ0n) is 16.4. The van der Waals surface area contributed by atoms with Gasteiger partial charge < -0.3 is 5.32 Å². The molecule has 0 radical (unpaired) electrons. The standard InChI is InChI=1S/C21H23BrN4O2/c1-12(2)14-6-5-7-15(8-14)20-25-19-17(9-16(22)10-23-19)21(28)26(20)11-18(27)24-13(3)4/h5-10,12-13H,11H2,1-4H3,(H,24,27). The van der Waals surface area contributed by atoms with Crippen LogP contribution in [0.1, 0.15) is 39.2 Å². The molecule has 0 unspecified atom stereocenters. The number of fused-ring (bicyclic) bond motifs is 1. The molecule has 0 aliphatic rings. The van der Waals surface area contributed by atoms with E-state index in [1.807, 2.05) is 38.1 Å². The van der Waals surface area contributed by atoms with Crippen LogP contribution in [0.4, 0.5) is 0 Å². The van der Waals surface area contributed by atoms with Crippen LogP contribution in [0.25, 0.3) is 22.4 Å². The van der Waals surface area contributed by atoms with Crippen molar-refractivity contribution in [2.45, 2.75) is 46.2 Å². The average Bonchev–Trinajstić information content (AvgIpc) is 2.63. The Hall–Kier alpha value is -2.54. The third kappa shape index (κ3) is 4.30. The smallest absolute Gasteiger partial charge is 0.263 e. The fraction of sp³-hybridized carbons (Fsp3) is 0.333. The van der Waals surface area contributed by atoms with Gasteiger partial charge in [-0.3, -0.25) is 14.2 Å². The van der Waals surface area contributed by atoms with Gasteiger partial charge in [0.05, 0.1) is 5.39 Å². The number of amides is 1. The van der Waals surface area contributed by atoms with Crippen molar-refractivity contribution in [3.63, 3.8) is 0 Å². The summed E-state index contributed by atoms with van der Waals surface area (Å²) < 4.78 is 2.11. The third-order valence-corrected chi connectivity index (χ3v) is 4.77. The second kappa shape index (κ2) is 8.22. The lowest BCUT2D eigenvalue weighted by Gasteiger charge is -2.16. The van der Waals surface area contributed by atoms with Crippen molar-refractivity contribution >= 4 is 32.9 Å². The van der Waals surface area contributed by atoms with Crippen LogP contribution in [-0.2, 0) is 11.3 Å². The first-order valence-electron chi connectivity index (χ1n) is 9.22. The van der Waals surface area contributed by atoms with E-state index in [2.05, 4.69) is 45.1 Å². The zero-order chi connectivity index (χ0) is 20.4. The molecule has 0 bridgehead atoms. The Morgan fingerprint density at radius 3 is 2.64 bits per heavy atom. The van der Waals surface area contributed by atoms with Gasteiger partial charge in [-0.25, -0.2) is 9.97 Å². The monoisotopic (exact) mass is 442 g/mol. The molecule has 146 valence electrons. The van der Waals surface area contributed by atoms with Crippen molar-refractivity contribution < 1.29 is 4.79 Å². The van der Waals surface area contributed by atoms with Crippen molar-refractivity contribution in [2.75, 3.05) is 0 Å². The number of halogens is 1. The normalized spacial score (nSPS) is 11.4. The van der Waals surface area contributed by atoms with E-state index in [1.54, 1.807) is 12.3 Å². The highest BCUT2D eigenvalue weighted by Gasteiger charge is 2.17. The molecule has 0 spiro atoms. The van der Waals surface area contributed by atoms with Gasteiger partial charge in [0.1, 0.15) is 12.4 Å². The predicted octanol–water partition coefficient (Wildman–Crippen LogP) is 3.87. The Labute approximate surface area is 172 Å². The van der Waals surface area contributed by atoms with Crippen LogP contribution in [-0.4, -0.2) is 26.5 Å². The molecule has 7 heteroatoms. The topological polar surface area (TPSA) is 76.9 Å². The van der Waals surface area contributed by atoms with Gasteiger partial charge in [-0.05, 0) is 53.4 Å². The molecule has 0 saturated heterocycles. The number of nitrogens with one attached hydrogen (secondary N) is 1. The summed E-state index contributed by atoms with van der Waals surface area (Å²) in [7, 11) is 0. The average molecular weight is 443 g/mol. The number of hydrogen-bond donors (Lipinski definition) is 1. The van der Waals surface area contributed by atoms with Crippen molar-refractivity contribution in [1.82, 2.24) is 19.9 Å². The molecule has 28 heavy (non-hydrogen) atoms. The Morgan fingerprint density at radius 2 is 1.96 bits per heavy atom. The molecule has 0 saturated carbocycles. The van der Waals surface area contributed by atoms with Crippen molar-refractivity contribution in [3.8, 4) is 11.4 Å². The molecule has 2 aromatic heterocycles. The Morgan fingerprint density at radius 1 is 1.21 bits per heavy atom. The van der Waals surface area contributed by atoms with E-state index in [1.165, 1.54) is 4.57 Å². The summed E-state index contributed by atoms with van der Waals surface area (Å²) in [6, 6.07) is 9.55. The minimum absolute atomic E-state index is 0.0138. The van der Waals surface area contributed by atoms with E-state index in [0.717, 1.165) is 11.1 Å². The van der Waals surface area contributed by atoms with Crippen LogP contribution in [0, 0.1) is 0 Å². The largest absolute Gasteiger partial charge is 0.352 e. The molecule has 1 aromatic carbocycles. The summed E-state index contributed by atoms with van der Waals surface area (Å²) in [6.45, 7) is 7.87. The van der Waals surface area contributed by atoms with E-state index in [0.29, 0.717) is 27.2 Å². The molecule has 6 nitrogen and oxygen atoms in total. The summed E-state index contributed by atoms with van der Waals surface area (Å²) in [5, 5.41) is 3.21. The van der Waals surface area contributed by atoms with Crippen LogP contribution in [0.5, 0.6) is 0 Å². The van der Waals surface area contributed by atoms with Gasteiger partial charge >= 0.3 is 0 Å². The second-order valence-corrected chi connectivity index (χ2v) is 8.27. The zero-order valence-corrected chi connectivity index (χ0v) is 17.9. The number of rotatable bonds is 5. The quantitative estimate of drug-likeness (QED) is 0.650. The van der Waals surface area contributed by atoms with Crippen LogP contribution < -0.4 is 10.9 Å². The molecule has 2 heterocycles. The summed E-state index contributed by atoms with van der Waals surface area (Å²) in [5.74, 6) is 0.537. The highest BCUT2D eigenvalue weighted by molar-refractivity contribution is 9.10. The predicted molar refractivity (Wildman–Crippen MR) is 114 cm³/mol. The number of carbonyl (C=O) groups excluding carboxylic acids is 1. The number of nitrogens with zero attached hydrogens (tertiary/aromatic N) is 3. The van der Waals surface area contributed by atoms with Crippen LogP contribution in [0.15, 0.2) is 45.8 Å². The molecule has 0 atom stereocenters. The number of carbonyl (C=O) groups is 1. The lowest BCUT2D eigenvalue weighted by atomic mass is 10.0. The maximum Gasteiger partial charge on any atom is 0.263 e. The molecule has 3 aromatic rings. The lowest BCUT2D eigenvalue weighted by Crippen LogP contribution is -2.37. The fourth-order valence-corrected chi connectivity index (χ4v) is 3.33. The first-order valence-corrected chi connectivity index (χ1v) is 10.0. The molecular formula is C21H23BrN4O2. The van der Waals surface area contributed by atoms with Gasteiger partial charge in [0, 0.05) is 22.3 Å². The first kappa shape index (κ1) is 20.2. The Bertz CT molecular complexity index is 1090. The lowest BCUT2D eigenvalue weighted by molar-refractivity contribution is -0.122. The highest BCUT2D eigenvalue weighted by atomic mass is 79.9. The van der Waals surface area contributed by atoms with Crippen molar-refractivity contribution in [2.24, 2.45) is 0 Å². The molecule has 0 fully saturated rings. The van der Waals surface area contributed by atoms with E-state index in [9.17, 15) is 9.59 Å². The van der Waals surface area contributed by atoms with Crippen LogP contribution >= 0.6 is 15.9 Å². The Balaban J connectivity index is 2.23. The van der Waals surface area contributed by atoms with Gasteiger partial charge in [-0.1, -0.05) is 32.0 Å². The fourth-order valence-electron chi connectivity index (χ4n) is 3.00. The van der Waals surface area contributed by atoms with E-state index in [-0.39, 0.29) is 24.1 Å². The molecule has 3 rings (SSSR count). The molecular weight excluding hydrogens is 420 g/mol. The van der Waals surface area contributed by atoms with Gasteiger partial charge in [0.2, 0.25) is 5.91 Å². The number of benzene rings is 1. The van der Waals surface area contributed by atoms with Gasteiger partial charge in [-0.2, -0.15) is 0 Å². The second-order valence-electron chi connectivity index (χ2n) is 7.35. The third-order valence-electron chi connectivity index (χ3n) is 4.34. The molecule has 0 aliphatic carbocycles. The summed E-state index contributed by atoms with van der Waals surface area (Å²) in [4.78, 5) is 34.5. The summed E-state index contributed by atoms with van der Waals surface area (Å²) in [6.07, 6.45) is 1.61. The molecule has 1 N–H and O–H groups in total. The number of aromatic nitrogens is 3. The minimum atomic E-state index is -0.289. The van der Waals surface area contributed by atoms with Crippen molar-refractivity contribution in [3.05, 3.63) is 56.9 Å². The van der Waals surface area contributed by atoms with Gasteiger partial charge in [0.15, 0.2) is 5.65 Å². The number of pyridine rings is 1. The number of hydrogen-bond acceptors (Lipinski definition) is 4. The summed E-state index contributed by atoms with van der Waals surface area (Å²) >= 11 is 3.35. The van der Waals surface area contributed by atoms with Gasteiger partial charge in [0.25, 0.3) is 5.56 Å². The molecule has 0 aliphatic heterocycles. The minimum Gasteiger partial charge on any atom is -0.352 e. The van der Waals surface area contributed by atoms with E-state index < -0.39 is 0 Å². The maximum absolute atomic E-state index is 13.2.